The number of hydrogen-bond donors (Lipinski definition) is 5. The lowest BCUT2D eigenvalue weighted by molar-refractivity contribution is 0.182. The van der Waals surface area contributed by atoms with Crippen molar-refractivity contribution >= 4 is 63.4 Å². The molecule has 0 spiro atoms. The third-order valence-electron chi connectivity index (χ3n) is 0.519. The van der Waals surface area contributed by atoms with Crippen LogP contribution in [0.25, 0.3) is 0 Å². The van der Waals surface area contributed by atoms with Gasteiger partial charge in [0.05, 0.1) is 6.26 Å². The summed E-state index contributed by atoms with van der Waals surface area (Å²) in [5, 5.41) is 7.76. The summed E-state index contributed by atoms with van der Waals surface area (Å²) >= 11 is 13.6. The summed E-state index contributed by atoms with van der Waals surface area (Å²) < 4.78 is 5.38. The van der Waals surface area contributed by atoms with Crippen molar-refractivity contribution in [1.82, 2.24) is 7.42 Å². The van der Waals surface area contributed by atoms with E-state index in [2.05, 4.69) is 62.6 Å². The van der Waals surface area contributed by atoms with Crippen LogP contribution in [-0.2, 0) is 4.74 Å². The van der Waals surface area contributed by atoms with Gasteiger partial charge < -0.3 is 9.84 Å². The number of carboxylic acid groups (broad SMARTS) is 1. The monoisotopic (exact) mass is 276 g/mol. The lowest BCUT2D eigenvalue weighted by Crippen LogP contribution is -2.09. The molecule has 0 saturated carbocycles. The van der Waals surface area contributed by atoms with E-state index in [1.165, 1.54) is 0 Å². The third-order valence-corrected chi connectivity index (χ3v) is 1.19. The van der Waals surface area contributed by atoms with Crippen LogP contribution in [0.2, 0.25) is 0 Å². The molecule has 2 amide bonds. The first-order valence-electron chi connectivity index (χ1n) is 2.73. The van der Waals surface area contributed by atoms with E-state index in [9.17, 15) is 9.59 Å². The minimum atomic E-state index is -1.18. The number of nitrogens with zero attached hydrogens (tertiary/aromatic N) is 2. The fourth-order valence-corrected chi connectivity index (χ4v) is 0.213. The number of rotatable bonds is 1. The van der Waals surface area contributed by atoms with E-state index < -0.39 is 12.2 Å². The Kier molecular flexibility index (Phi) is 10.6. The van der Waals surface area contributed by atoms with Crippen LogP contribution < -0.4 is 0 Å². The average molecular weight is 276 g/mol. The summed E-state index contributed by atoms with van der Waals surface area (Å²) in [7, 11) is 0. The summed E-state index contributed by atoms with van der Waals surface area (Å²) in [6, 6.07) is 0. The number of amides is 2. The van der Waals surface area contributed by atoms with Crippen LogP contribution in [0.3, 0.4) is 0 Å². The predicted octanol–water partition coefficient (Wildman–Crippen LogP) is 1.91. The van der Waals surface area contributed by atoms with E-state index in [0.29, 0.717) is 7.42 Å². The largest absolute Gasteiger partial charge is 0.464 e. The van der Waals surface area contributed by atoms with Gasteiger partial charge in [0.2, 0.25) is 0 Å². The molecular formula is C4H8N2O4S4. The molecule has 0 aliphatic carbocycles. The molecule has 0 atom stereocenters. The molecule has 14 heavy (non-hydrogen) atoms. The zero-order valence-electron chi connectivity index (χ0n) is 6.64. The molecule has 0 saturated heterocycles. The molecule has 6 nitrogen and oxygen atoms in total. The van der Waals surface area contributed by atoms with Crippen molar-refractivity contribution in [1.29, 1.82) is 0 Å². The van der Waals surface area contributed by atoms with Gasteiger partial charge in [-0.3, -0.25) is 0 Å². The average Bonchev–Trinajstić information content (AvgIpc) is 2.05. The maximum Gasteiger partial charge on any atom is 0.434 e. The first kappa shape index (κ1) is 16.1. The van der Waals surface area contributed by atoms with Crippen LogP contribution in [0, 0.1) is 0 Å². The Bertz CT molecular complexity index is 210. The van der Waals surface area contributed by atoms with E-state index in [0.717, 1.165) is 6.26 Å². The Morgan fingerprint density at radius 1 is 1.21 bits per heavy atom. The molecule has 0 aromatic carbocycles. The highest BCUT2D eigenvalue weighted by molar-refractivity contribution is 7.94. The second-order valence-corrected chi connectivity index (χ2v) is 3.64. The minimum Gasteiger partial charge on any atom is -0.464 e. The van der Waals surface area contributed by atoms with Crippen LogP contribution in [0.1, 0.15) is 0 Å². The number of ether oxygens (including phenoxy) is 1. The van der Waals surface area contributed by atoms with Gasteiger partial charge in [0.15, 0.2) is 0 Å². The predicted molar refractivity (Wildman–Crippen MR) is 64.3 cm³/mol. The van der Waals surface area contributed by atoms with E-state index in [-0.39, 0.29) is 0 Å². The highest BCUT2D eigenvalue weighted by Gasteiger charge is 2.01. The highest BCUT2D eigenvalue weighted by Crippen LogP contribution is 1.99. The molecule has 0 radical (unpaired) electrons. The van der Waals surface area contributed by atoms with Crippen LogP contribution in [-0.4, -0.2) is 24.7 Å². The second kappa shape index (κ2) is 9.24. The van der Waals surface area contributed by atoms with Gasteiger partial charge in [-0.1, -0.05) is 6.58 Å². The zero-order chi connectivity index (χ0) is 11.7. The first-order valence-corrected chi connectivity index (χ1v) is 4.33. The van der Waals surface area contributed by atoms with Gasteiger partial charge in [-0.2, -0.15) is 7.42 Å². The molecule has 0 unspecified atom stereocenters. The van der Waals surface area contributed by atoms with Crippen molar-refractivity contribution in [2.75, 3.05) is 0 Å². The van der Waals surface area contributed by atoms with Crippen molar-refractivity contribution in [2.24, 2.45) is 0 Å². The van der Waals surface area contributed by atoms with Gasteiger partial charge in [-0.05, 0) is 51.3 Å². The van der Waals surface area contributed by atoms with Gasteiger partial charge in [-0.15, -0.1) is 0 Å². The molecular weight excluding hydrogens is 268 g/mol. The molecule has 0 bridgehead atoms. The molecule has 1 N–H and O–H groups in total. The summed E-state index contributed by atoms with van der Waals surface area (Å²) in [5.74, 6) is 0. The highest BCUT2D eigenvalue weighted by atomic mass is 32.2. The minimum absolute atomic E-state index is 0.472. The molecule has 0 aromatic heterocycles. The maximum absolute atomic E-state index is 10.2. The Morgan fingerprint density at radius 2 is 1.57 bits per heavy atom. The van der Waals surface area contributed by atoms with E-state index in [4.69, 9.17) is 5.11 Å². The van der Waals surface area contributed by atoms with Crippen LogP contribution in [0.15, 0.2) is 12.8 Å². The first-order chi connectivity index (χ1) is 6.32. The van der Waals surface area contributed by atoms with E-state index >= 15 is 0 Å². The van der Waals surface area contributed by atoms with E-state index in [1.807, 2.05) is 0 Å². The summed E-state index contributed by atoms with van der Waals surface area (Å²) in [6.45, 7) is 3.15. The lowest BCUT2D eigenvalue weighted by atomic mass is 11.1. The topological polar surface area (TPSA) is 70.1 Å². The third kappa shape index (κ3) is 11.7. The summed E-state index contributed by atoms with van der Waals surface area (Å²) in [4.78, 5) is 19.7. The smallest absolute Gasteiger partial charge is 0.434 e. The number of carbonyl (C=O) groups is 2. The van der Waals surface area contributed by atoms with Gasteiger partial charge in [0.25, 0.3) is 0 Å². The second-order valence-electron chi connectivity index (χ2n) is 1.41. The Morgan fingerprint density at radius 3 is 1.64 bits per heavy atom. The van der Waals surface area contributed by atoms with Crippen molar-refractivity contribution in [3.63, 3.8) is 0 Å². The molecule has 0 aromatic rings. The summed E-state index contributed by atoms with van der Waals surface area (Å²) in [5.41, 5.74) is 0. The van der Waals surface area contributed by atoms with Gasteiger partial charge in [0.1, 0.15) is 0 Å². The van der Waals surface area contributed by atoms with Crippen molar-refractivity contribution in [3.8, 4) is 0 Å². The molecule has 0 aliphatic heterocycles. The fraction of sp³-hybridized carbons (Fsp3) is 0. The molecule has 0 heterocycles. The SMILES string of the molecule is C=COC(=O)N(S)S.O=C(O)N(S)S. The van der Waals surface area contributed by atoms with Crippen molar-refractivity contribution in [3.05, 3.63) is 12.8 Å². The normalized spacial score (nSPS) is 7.71. The number of thiol groups is 4. The molecule has 0 rings (SSSR count). The Labute approximate surface area is 103 Å². The van der Waals surface area contributed by atoms with Gasteiger partial charge in [-0.25, -0.2) is 9.59 Å². The van der Waals surface area contributed by atoms with Crippen molar-refractivity contribution in [2.45, 2.75) is 0 Å². The Hall–Kier alpha value is -0.320. The standard InChI is InChI=1S/C3H5NO2S2.CH3NO2S2/c1-2-6-3(5)4(7)8;3-1(4)2(5)6/h2,7-8H,1H2;5-6H,(H,3,4). The fourth-order valence-electron chi connectivity index (χ4n) is 0.118. The quantitative estimate of drug-likeness (QED) is 0.375. The van der Waals surface area contributed by atoms with Gasteiger partial charge in [0, 0.05) is 0 Å². The molecule has 0 aliphatic rings. The maximum atomic E-state index is 10.2. The lowest BCUT2D eigenvalue weighted by Gasteiger charge is -2.02. The number of carbonyl (C=O) groups excluding carboxylic acids is 1. The van der Waals surface area contributed by atoms with Crippen molar-refractivity contribution < 1.29 is 19.4 Å². The molecule has 0 fully saturated rings. The van der Waals surface area contributed by atoms with E-state index in [1.54, 1.807) is 0 Å². The number of hydrogen-bond acceptors (Lipinski definition) is 7. The zero-order valence-corrected chi connectivity index (χ0v) is 10.2. The van der Waals surface area contributed by atoms with Crippen LogP contribution >= 0.6 is 51.3 Å². The Balaban J connectivity index is 0. The van der Waals surface area contributed by atoms with Gasteiger partial charge >= 0.3 is 12.2 Å². The molecule has 10 heteroatoms. The molecule has 82 valence electrons. The summed E-state index contributed by atoms with van der Waals surface area (Å²) in [6.07, 6.45) is -0.852. The van der Waals surface area contributed by atoms with Crippen LogP contribution in [0.5, 0.6) is 0 Å². The van der Waals surface area contributed by atoms with Crippen LogP contribution in [0.4, 0.5) is 9.59 Å².